The summed E-state index contributed by atoms with van der Waals surface area (Å²) in [7, 11) is 3.26. The number of carbonyl (C=O) groups excluding carboxylic acids is 2. The fourth-order valence-electron chi connectivity index (χ4n) is 3.84. The first-order chi connectivity index (χ1) is 13.0. The average molecular weight is 375 g/mol. The number of hydrogen-bond donors (Lipinski definition) is 0. The summed E-state index contributed by atoms with van der Waals surface area (Å²) in [5, 5.41) is 0. The predicted octanol–water partition coefficient (Wildman–Crippen LogP) is 3.05. The summed E-state index contributed by atoms with van der Waals surface area (Å²) >= 11 is 0. The fourth-order valence-corrected chi connectivity index (χ4v) is 3.84. The molecule has 0 aromatic heterocycles. The van der Waals surface area contributed by atoms with Gasteiger partial charge >= 0.3 is 5.97 Å². The summed E-state index contributed by atoms with van der Waals surface area (Å²) < 4.78 is 4.62. The first kappa shape index (κ1) is 21.4. The van der Waals surface area contributed by atoms with E-state index in [0.717, 1.165) is 32.6 Å². The number of carbonyl (C=O) groups is 2. The topological polar surface area (TPSA) is 49.9 Å². The number of aryl methyl sites for hydroxylation is 1. The van der Waals surface area contributed by atoms with E-state index in [2.05, 4.69) is 40.8 Å². The van der Waals surface area contributed by atoms with Crippen LogP contribution in [0.5, 0.6) is 0 Å². The van der Waals surface area contributed by atoms with Gasteiger partial charge in [0, 0.05) is 39.5 Å². The molecule has 1 aromatic rings. The normalized spacial score (nSPS) is 17.5. The van der Waals surface area contributed by atoms with Crippen LogP contribution in [-0.4, -0.2) is 62.0 Å². The molecule has 2 rings (SSSR count). The third kappa shape index (κ3) is 7.33. The smallest absolute Gasteiger partial charge is 0.305 e. The van der Waals surface area contributed by atoms with Crippen molar-refractivity contribution in [2.75, 3.05) is 40.3 Å². The number of piperidine rings is 1. The van der Waals surface area contributed by atoms with Gasteiger partial charge in [-0.25, -0.2) is 0 Å². The van der Waals surface area contributed by atoms with E-state index < -0.39 is 0 Å². The van der Waals surface area contributed by atoms with Crippen molar-refractivity contribution in [1.82, 2.24) is 9.80 Å². The highest BCUT2D eigenvalue weighted by Gasteiger charge is 2.22. The molecular formula is C22H34N2O3. The molecule has 1 fully saturated rings. The van der Waals surface area contributed by atoms with Crippen LogP contribution in [0.2, 0.25) is 0 Å². The van der Waals surface area contributed by atoms with Gasteiger partial charge in [-0.1, -0.05) is 24.3 Å². The lowest BCUT2D eigenvalue weighted by Gasteiger charge is -2.35. The highest BCUT2D eigenvalue weighted by molar-refractivity contribution is 5.77. The van der Waals surface area contributed by atoms with E-state index in [1.807, 2.05) is 11.9 Å². The van der Waals surface area contributed by atoms with Crippen LogP contribution in [0, 0.1) is 12.8 Å². The molecule has 27 heavy (non-hydrogen) atoms. The van der Waals surface area contributed by atoms with Gasteiger partial charge in [0.2, 0.25) is 5.91 Å². The lowest BCUT2D eigenvalue weighted by Crippen LogP contribution is -2.42. The van der Waals surface area contributed by atoms with E-state index in [-0.39, 0.29) is 11.9 Å². The maximum absolute atomic E-state index is 12.3. The van der Waals surface area contributed by atoms with Gasteiger partial charge in [0.1, 0.15) is 0 Å². The first-order valence-electron chi connectivity index (χ1n) is 10.1. The number of ether oxygens (including phenoxy) is 1. The van der Waals surface area contributed by atoms with Gasteiger partial charge in [-0.15, -0.1) is 0 Å². The van der Waals surface area contributed by atoms with Gasteiger partial charge in [-0.05, 0) is 56.2 Å². The zero-order valence-corrected chi connectivity index (χ0v) is 17.1. The van der Waals surface area contributed by atoms with E-state index in [1.165, 1.54) is 31.1 Å². The van der Waals surface area contributed by atoms with Gasteiger partial charge in [-0.2, -0.15) is 0 Å². The maximum atomic E-state index is 12.3. The molecular weight excluding hydrogens is 340 g/mol. The summed E-state index contributed by atoms with van der Waals surface area (Å²) in [6.07, 6.45) is 4.75. The van der Waals surface area contributed by atoms with Gasteiger partial charge in [0.15, 0.2) is 0 Å². The third-order valence-corrected chi connectivity index (χ3v) is 5.52. The molecule has 0 saturated carbocycles. The van der Waals surface area contributed by atoms with Crippen molar-refractivity contribution in [3.63, 3.8) is 0 Å². The van der Waals surface area contributed by atoms with E-state index in [0.29, 0.717) is 25.2 Å². The minimum absolute atomic E-state index is 0.121. The Labute approximate surface area is 163 Å². The summed E-state index contributed by atoms with van der Waals surface area (Å²) in [6.45, 7) is 6.27. The lowest BCUT2D eigenvalue weighted by atomic mass is 9.96. The molecule has 150 valence electrons. The molecule has 0 spiro atoms. The van der Waals surface area contributed by atoms with Gasteiger partial charge in [0.05, 0.1) is 7.11 Å². The summed E-state index contributed by atoms with van der Waals surface area (Å²) in [6, 6.07) is 8.60. The zero-order valence-electron chi connectivity index (χ0n) is 17.1. The second-order valence-electron chi connectivity index (χ2n) is 7.69. The zero-order chi connectivity index (χ0) is 19.6. The lowest BCUT2D eigenvalue weighted by molar-refractivity contribution is -0.140. The molecule has 0 radical (unpaired) electrons. The fraction of sp³-hybridized carbons (Fsp3) is 0.636. The molecule has 0 aliphatic carbocycles. The van der Waals surface area contributed by atoms with Crippen molar-refractivity contribution >= 4 is 11.9 Å². The second-order valence-corrected chi connectivity index (χ2v) is 7.69. The molecule has 1 heterocycles. The molecule has 0 bridgehead atoms. The van der Waals surface area contributed by atoms with Crippen molar-refractivity contribution in [3.8, 4) is 0 Å². The van der Waals surface area contributed by atoms with Gasteiger partial charge in [-0.3, -0.25) is 9.59 Å². The predicted molar refractivity (Wildman–Crippen MR) is 108 cm³/mol. The number of nitrogens with zero attached hydrogens (tertiary/aromatic N) is 2. The molecule has 1 aromatic carbocycles. The SMILES string of the molecule is COC(=O)CCCC(=O)N(C)C[C@@H]1CCCN(CCc2ccccc2C)C1. The maximum Gasteiger partial charge on any atom is 0.305 e. The first-order valence-corrected chi connectivity index (χ1v) is 10.1. The number of rotatable bonds is 9. The van der Waals surface area contributed by atoms with Crippen LogP contribution in [0.25, 0.3) is 0 Å². The van der Waals surface area contributed by atoms with E-state index >= 15 is 0 Å². The molecule has 1 atom stereocenters. The highest BCUT2D eigenvalue weighted by atomic mass is 16.5. The van der Waals surface area contributed by atoms with E-state index in [1.54, 1.807) is 0 Å². The van der Waals surface area contributed by atoms with Crippen molar-refractivity contribution < 1.29 is 14.3 Å². The Morgan fingerprint density at radius 2 is 2.04 bits per heavy atom. The standard InChI is InChI=1S/C22H34N2O3/c1-18-8-4-5-10-20(18)13-15-24-14-7-9-19(17-24)16-23(2)21(25)11-6-12-22(26)27-3/h4-5,8,10,19H,6-7,9,11-17H2,1-3H3/t19-/m0/s1. The van der Waals surface area contributed by atoms with Crippen LogP contribution in [0.4, 0.5) is 0 Å². The van der Waals surface area contributed by atoms with E-state index in [9.17, 15) is 9.59 Å². The van der Waals surface area contributed by atoms with Crippen LogP contribution in [0.15, 0.2) is 24.3 Å². The van der Waals surface area contributed by atoms with Crippen LogP contribution >= 0.6 is 0 Å². The minimum atomic E-state index is -0.248. The summed E-state index contributed by atoms with van der Waals surface area (Å²) in [5.74, 6) is 0.406. The Morgan fingerprint density at radius 3 is 2.78 bits per heavy atom. The largest absolute Gasteiger partial charge is 0.469 e. The van der Waals surface area contributed by atoms with Crippen LogP contribution in [0.1, 0.15) is 43.2 Å². The van der Waals surface area contributed by atoms with Crippen molar-refractivity contribution in [1.29, 1.82) is 0 Å². The Hall–Kier alpha value is -1.88. The summed E-state index contributed by atoms with van der Waals surface area (Å²) in [4.78, 5) is 27.8. The molecule has 1 aliphatic heterocycles. The van der Waals surface area contributed by atoms with Gasteiger partial charge < -0.3 is 14.5 Å². The Kier molecular flexibility index (Phi) is 8.79. The number of benzene rings is 1. The van der Waals surface area contributed by atoms with Gasteiger partial charge in [0.25, 0.3) is 0 Å². The molecule has 1 saturated heterocycles. The summed E-state index contributed by atoms with van der Waals surface area (Å²) in [5.41, 5.74) is 2.79. The number of esters is 1. The van der Waals surface area contributed by atoms with Crippen LogP contribution in [-0.2, 0) is 20.7 Å². The van der Waals surface area contributed by atoms with Crippen molar-refractivity contribution in [2.24, 2.45) is 5.92 Å². The molecule has 0 unspecified atom stereocenters. The highest BCUT2D eigenvalue weighted by Crippen LogP contribution is 2.19. The average Bonchev–Trinajstić information content (AvgIpc) is 2.67. The molecule has 5 heteroatoms. The monoisotopic (exact) mass is 374 g/mol. The second kappa shape index (κ2) is 11.1. The van der Waals surface area contributed by atoms with Crippen molar-refractivity contribution in [3.05, 3.63) is 35.4 Å². The molecule has 0 N–H and O–H groups in total. The third-order valence-electron chi connectivity index (χ3n) is 5.52. The number of amides is 1. The van der Waals surface area contributed by atoms with E-state index in [4.69, 9.17) is 0 Å². The minimum Gasteiger partial charge on any atom is -0.469 e. The molecule has 1 aliphatic rings. The van der Waals surface area contributed by atoms with Crippen LogP contribution < -0.4 is 0 Å². The number of hydrogen-bond acceptors (Lipinski definition) is 4. The molecule has 1 amide bonds. The van der Waals surface area contributed by atoms with Crippen molar-refractivity contribution in [2.45, 2.75) is 45.4 Å². The number of likely N-dealkylation sites (tertiary alicyclic amines) is 1. The molecule has 5 nitrogen and oxygen atoms in total. The quantitative estimate of drug-likeness (QED) is 0.624. The Morgan fingerprint density at radius 1 is 1.26 bits per heavy atom. The van der Waals surface area contributed by atoms with Crippen LogP contribution in [0.3, 0.4) is 0 Å². The Balaban J connectivity index is 1.72. The Bertz CT molecular complexity index is 617. The number of methoxy groups -OCH3 is 1.